The number of halogens is 1. The molecular formula is C18H19ClN6O2. The highest BCUT2D eigenvalue weighted by Crippen LogP contribution is 2.21. The van der Waals surface area contributed by atoms with E-state index in [1.165, 1.54) is 7.11 Å². The van der Waals surface area contributed by atoms with Gasteiger partial charge >= 0.3 is 5.97 Å². The third-order valence-corrected chi connectivity index (χ3v) is 4.30. The molecule has 0 saturated heterocycles. The van der Waals surface area contributed by atoms with Gasteiger partial charge in [-0.15, -0.1) is 10.2 Å². The lowest BCUT2D eigenvalue weighted by atomic mass is 10.1. The summed E-state index contributed by atoms with van der Waals surface area (Å²) in [5.74, 6) is 0.420. The van der Waals surface area contributed by atoms with E-state index in [2.05, 4.69) is 20.3 Å². The number of esters is 1. The molecule has 27 heavy (non-hydrogen) atoms. The monoisotopic (exact) mass is 386 g/mol. The second-order valence-electron chi connectivity index (χ2n) is 5.81. The van der Waals surface area contributed by atoms with Crippen molar-refractivity contribution in [1.29, 1.82) is 0 Å². The fourth-order valence-corrected chi connectivity index (χ4v) is 2.80. The Hall–Kier alpha value is -3.00. The molecule has 9 heteroatoms. The second-order valence-corrected chi connectivity index (χ2v) is 6.25. The molecular weight excluding hydrogens is 368 g/mol. The molecule has 8 nitrogen and oxygen atoms in total. The molecule has 0 N–H and O–H groups in total. The van der Waals surface area contributed by atoms with Gasteiger partial charge in [-0.1, -0.05) is 23.7 Å². The molecule has 1 aromatic carbocycles. The molecule has 0 aliphatic heterocycles. The molecule has 0 aliphatic carbocycles. The molecule has 0 spiro atoms. The molecule has 0 bridgehead atoms. The van der Waals surface area contributed by atoms with Gasteiger partial charge in [0.2, 0.25) is 0 Å². The molecule has 0 fully saturated rings. The van der Waals surface area contributed by atoms with Crippen molar-refractivity contribution in [1.82, 2.24) is 24.5 Å². The molecule has 0 atom stereocenters. The molecule has 0 saturated carbocycles. The van der Waals surface area contributed by atoms with E-state index in [1.807, 2.05) is 30.7 Å². The van der Waals surface area contributed by atoms with Gasteiger partial charge in [-0.3, -0.25) is 19.0 Å². The normalized spacial score (nSPS) is 11.6. The minimum atomic E-state index is -0.311. The maximum atomic E-state index is 11.5. The second kappa shape index (κ2) is 8.13. The predicted octanol–water partition coefficient (Wildman–Crippen LogP) is 2.36. The van der Waals surface area contributed by atoms with Crippen LogP contribution in [0.3, 0.4) is 0 Å². The van der Waals surface area contributed by atoms with E-state index in [4.69, 9.17) is 16.3 Å². The van der Waals surface area contributed by atoms with Crippen molar-refractivity contribution < 1.29 is 9.53 Å². The van der Waals surface area contributed by atoms with Crippen LogP contribution in [0.1, 0.15) is 23.5 Å². The molecule has 3 aromatic rings. The molecule has 2 aromatic heterocycles. The number of ether oxygens (including phenoxy) is 1. The van der Waals surface area contributed by atoms with Gasteiger partial charge in [0.05, 0.1) is 37.7 Å². The Labute approximate surface area is 161 Å². The Balaban J connectivity index is 2.10. The fraction of sp³-hybridized carbons (Fsp3) is 0.278. The number of nitrogens with zero attached hydrogens (tertiary/aromatic N) is 6. The summed E-state index contributed by atoms with van der Waals surface area (Å²) in [4.78, 5) is 16.2. The topological polar surface area (TPSA) is 87.2 Å². The van der Waals surface area contributed by atoms with Crippen molar-refractivity contribution in [2.45, 2.75) is 13.3 Å². The van der Waals surface area contributed by atoms with E-state index < -0.39 is 0 Å². The van der Waals surface area contributed by atoms with Crippen molar-refractivity contribution >= 4 is 23.3 Å². The summed E-state index contributed by atoms with van der Waals surface area (Å²) in [5.41, 5.74) is 3.13. The van der Waals surface area contributed by atoms with Crippen LogP contribution in [0, 0.1) is 6.92 Å². The zero-order valence-electron chi connectivity index (χ0n) is 15.3. The van der Waals surface area contributed by atoms with Crippen molar-refractivity contribution in [2.24, 2.45) is 12.0 Å². The number of rotatable bonds is 6. The predicted molar refractivity (Wildman–Crippen MR) is 101 cm³/mol. The van der Waals surface area contributed by atoms with Gasteiger partial charge < -0.3 is 4.74 Å². The lowest BCUT2D eigenvalue weighted by molar-refractivity contribution is -0.140. The maximum Gasteiger partial charge on any atom is 0.307 e. The highest BCUT2D eigenvalue weighted by atomic mass is 35.5. The number of aliphatic imine (C=N–C) groups is 1. The first-order valence-electron chi connectivity index (χ1n) is 8.28. The Morgan fingerprint density at radius 2 is 2.04 bits per heavy atom. The van der Waals surface area contributed by atoms with Crippen LogP contribution in [-0.2, 0) is 16.6 Å². The van der Waals surface area contributed by atoms with Gasteiger partial charge in [0, 0.05) is 17.6 Å². The summed E-state index contributed by atoms with van der Waals surface area (Å²) in [6.07, 6.45) is 3.55. The van der Waals surface area contributed by atoms with Crippen LogP contribution in [-0.4, -0.2) is 49.9 Å². The number of hydrogen-bond acceptors (Lipinski definition) is 6. The van der Waals surface area contributed by atoms with Crippen LogP contribution in [0.25, 0.3) is 5.69 Å². The number of hydrogen-bond donors (Lipinski definition) is 0. The van der Waals surface area contributed by atoms with Crippen molar-refractivity contribution in [3.05, 3.63) is 58.9 Å². The maximum absolute atomic E-state index is 11.5. The van der Waals surface area contributed by atoms with Gasteiger partial charge in [0.1, 0.15) is 17.8 Å². The zero-order chi connectivity index (χ0) is 19.4. The standard InChI is InChI=1S/C18H19ClN6O2/c1-12-23-21-11-25(12)15-10-22-24(2)18(15)17(20-9-8-16(26)27-3)13-4-6-14(19)7-5-13/h4-7,10-11H,8-9H2,1-3H3. The summed E-state index contributed by atoms with van der Waals surface area (Å²) < 4.78 is 8.28. The minimum Gasteiger partial charge on any atom is -0.469 e. The number of aromatic nitrogens is 5. The number of methoxy groups -OCH3 is 1. The Kier molecular flexibility index (Phi) is 5.66. The smallest absolute Gasteiger partial charge is 0.307 e. The summed E-state index contributed by atoms with van der Waals surface area (Å²) in [6.45, 7) is 2.15. The average molecular weight is 387 g/mol. The molecule has 0 unspecified atom stereocenters. The highest BCUT2D eigenvalue weighted by Gasteiger charge is 2.19. The molecule has 2 heterocycles. The third kappa shape index (κ3) is 4.06. The van der Waals surface area contributed by atoms with Crippen LogP contribution >= 0.6 is 11.6 Å². The SMILES string of the molecule is COC(=O)CCN=C(c1ccc(Cl)cc1)c1c(-n2cnnc2C)cnn1C. The minimum absolute atomic E-state index is 0.187. The van der Waals surface area contributed by atoms with Gasteiger partial charge in [-0.25, -0.2) is 0 Å². The van der Waals surface area contributed by atoms with Gasteiger partial charge in [-0.05, 0) is 19.1 Å². The molecule has 0 aliphatic rings. The first kappa shape index (κ1) is 18.8. The summed E-state index contributed by atoms with van der Waals surface area (Å²) in [6, 6.07) is 7.36. The number of benzene rings is 1. The van der Waals surface area contributed by atoms with Crippen LogP contribution in [0.15, 0.2) is 41.8 Å². The molecule has 3 rings (SSSR count). The van der Waals surface area contributed by atoms with E-state index in [0.29, 0.717) is 10.7 Å². The van der Waals surface area contributed by atoms with Crippen LogP contribution < -0.4 is 0 Å². The lowest BCUT2D eigenvalue weighted by Gasteiger charge is -2.12. The van der Waals surface area contributed by atoms with Crippen LogP contribution in [0.2, 0.25) is 5.02 Å². The molecule has 0 amide bonds. The van der Waals surface area contributed by atoms with E-state index >= 15 is 0 Å². The summed E-state index contributed by atoms with van der Waals surface area (Å²) in [5, 5.41) is 13.0. The third-order valence-electron chi connectivity index (χ3n) is 4.05. The van der Waals surface area contributed by atoms with E-state index in [0.717, 1.165) is 22.8 Å². The largest absolute Gasteiger partial charge is 0.469 e. The van der Waals surface area contributed by atoms with Crippen molar-refractivity contribution in [3.8, 4) is 5.69 Å². The van der Waals surface area contributed by atoms with E-state index in [-0.39, 0.29) is 18.9 Å². The number of aryl methyl sites for hydroxylation is 2. The van der Waals surface area contributed by atoms with Crippen molar-refractivity contribution in [3.63, 3.8) is 0 Å². The average Bonchev–Trinajstić information content (AvgIpc) is 3.25. The quantitative estimate of drug-likeness (QED) is 0.479. The number of carbonyl (C=O) groups excluding carboxylic acids is 1. The van der Waals surface area contributed by atoms with Gasteiger partial charge in [0.25, 0.3) is 0 Å². The summed E-state index contributed by atoms with van der Waals surface area (Å²) >= 11 is 6.03. The zero-order valence-corrected chi connectivity index (χ0v) is 16.0. The van der Waals surface area contributed by atoms with Gasteiger partial charge in [-0.2, -0.15) is 5.10 Å². The summed E-state index contributed by atoms with van der Waals surface area (Å²) in [7, 11) is 3.20. The molecule has 140 valence electrons. The first-order valence-corrected chi connectivity index (χ1v) is 8.65. The first-order chi connectivity index (χ1) is 13.0. The van der Waals surface area contributed by atoms with E-state index in [9.17, 15) is 4.79 Å². The lowest BCUT2D eigenvalue weighted by Crippen LogP contribution is -2.14. The van der Waals surface area contributed by atoms with Crippen molar-refractivity contribution in [2.75, 3.05) is 13.7 Å². The van der Waals surface area contributed by atoms with Crippen LogP contribution in [0.4, 0.5) is 0 Å². The Morgan fingerprint density at radius 3 is 2.67 bits per heavy atom. The Morgan fingerprint density at radius 1 is 1.30 bits per heavy atom. The highest BCUT2D eigenvalue weighted by molar-refractivity contribution is 6.30. The van der Waals surface area contributed by atoms with Crippen LogP contribution in [0.5, 0.6) is 0 Å². The number of carbonyl (C=O) groups is 1. The van der Waals surface area contributed by atoms with E-state index in [1.54, 1.807) is 29.3 Å². The van der Waals surface area contributed by atoms with Gasteiger partial charge in [0.15, 0.2) is 0 Å². The Bertz CT molecular complexity index is 974. The fourth-order valence-electron chi connectivity index (χ4n) is 2.68. The molecule has 0 radical (unpaired) electrons.